The first-order valence-corrected chi connectivity index (χ1v) is 11.9. The molecule has 1 aliphatic heterocycles. The molecule has 0 bridgehead atoms. The van der Waals surface area contributed by atoms with Crippen LogP contribution in [-0.4, -0.2) is 31.2 Å². The van der Waals surface area contributed by atoms with Gasteiger partial charge in [-0.1, -0.05) is 25.1 Å². The predicted octanol–water partition coefficient (Wildman–Crippen LogP) is 3.93. The zero-order valence-electron chi connectivity index (χ0n) is 16.6. The quantitative estimate of drug-likeness (QED) is 0.722. The number of sulfone groups is 1. The van der Waals surface area contributed by atoms with Crippen LogP contribution >= 0.6 is 11.8 Å². The lowest BCUT2D eigenvalue weighted by molar-refractivity contribution is -0.116. The summed E-state index contributed by atoms with van der Waals surface area (Å²) in [5.74, 6) is -0.771. The van der Waals surface area contributed by atoms with Crippen molar-refractivity contribution in [2.24, 2.45) is 0 Å². The van der Waals surface area contributed by atoms with Gasteiger partial charge in [0, 0.05) is 17.0 Å². The van der Waals surface area contributed by atoms with Gasteiger partial charge in [0.05, 0.1) is 21.6 Å². The Hall–Kier alpha value is -2.32. The van der Waals surface area contributed by atoms with Crippen LogP contribution in [0.4, 0.5) is 11.4 Å². The van der Waals surface area contributed by atoms with E-state index in [1.54, 1.807) is 6.07 Å². The predicted molar refractivity (Wildman–Crippen MR) is 116 cm³/mol. The Morgan fingerprint density at radius 2 is 1.86 bits per heavy atom. The average Bonchev–Trinajstić information content (AvgIpc) is 2.68. The smallest absolute Gasteiger partial charge is 0.237 e. The SMILES string of the molecule is CC[C@@H]1Sc2ccc(S(=O)(=O)CCC(=O)Nc3c(C)cccc3C)cc2NC1=O. The van der Waals surface area contributed by atoms with E-state index in [2.05, 4.69) is 10.6 Å². The van der Waals surface area contributed by atoms with Gasteiger partial charge in [-0.2, -0.15) is 0 Å². The summed E-state index contributed by atoms with van der Waals surface area (Å²) in [6.07, 6.45) is 0.553. The van der Waals surface area contributed by atoms with Gasteiger partial charge in [0.25, 0.3) is 0 Å². The van der Waals surface area contributed by atoms with E-state index in [9.17, 15) is 18.0 Å². The summed E-state index contributed by atoms with van der Waals surface area (Å²) in [4.78, 5) is 25.3. The van der Waals surface area contributed by atoms with E-state index >= 15 is 0 Å². The number of fused-ring (bicyclic) bond motifs is 1. The van der Waals surface area contributed by atoms with Gasteiger partial charge in [-0.25, -0.2) is 8.42 Å². The maximum absolute atomic E-state index is 12.7. The lowest BCUT2D eigenvalue weighted by atomic mass is 10.1. The second-order valence-electron chi connectivity index (χ2n) is 7.05. The average molecular weight is 433 g/mol. The highest BCUT2D eigenvalue weighted by Gasteiger charge is 2.27. The van der Waals surface area contributed by atoms with Crippen LogP contribution in [0.25, 0.3) is 0 Å². The molecule has 0 saturated heterocycles. The monoisotopic (exact) mass is 432 g/mol. The maximum Gasteiger partial charge on any atom is 0.237 e. The van der Waals surface area contributed by atoms with Crippen molar-refractivity contribution in [1.82, 2.24) is 0 Å². The molecule has 0 unspecified atom stereocenters. The zero-order chi connectivity index (χ0) is 21.2. The summed E-state index contributed by atoms with van der Waals surface area (Å²) in [6.45, 7) is 5.72. The fourth-order valence-electron chi connectivity index (χ4n) is 3.15. The van der Waals surface area contributed by atoms with Gasteiger partial charge < -0.3 is 10.6 Å². The fourth-order valence-corrected chi connectivity index (χ4v) is 5.44. The number of anilines is 2. The van der Waals surface area contributed by atoms with Crippen LogP contribution in [0.5, 0.6) is 0 Å². The minimum Gasteiger partial charge on any atom is -0.326 e. The van der Waals surface area contributed by atoms with E-state index in [-0.39, 0.29) is 34.1 Å². The van der Waals surface area contributed by atoms with Gasteiger partial charge in [0.1, 0.15) is 0 Å². The zero-order valence-corrected chi connectivity index (χ0v) is 18.2. The van der Waals surface area contributed by atoms with Crippen LogP contribution in [0.3, 0.4) is 0 Å². The number of para-hydroxylation sites is 1. The molecule has 2 N–H and O–H groups in total. The van der Waals surface area contributed by atoms with Gasteiger partial charge in [0.15, 0.2) is 9.84 Å². The van der Waals surface area contributed by atoms with E-state index in [4.69, 9.17) is 0 Å². The Morgan fingerprint density at radius 1 is 1.17 bits per heavy atom. The van der Waals surface area contributed by atoms with Crippen LogP contribution in [0.15, 0.2) is 46.2 Å². The molecular formula is C21H24N2O4S2. The summed E-state index contributed by atoms with van der Waals surface area (Å²) in [6, 6.07) is 10.4. The number of amides is 2. The van der Waals surface area contributed by atoms with Gasteiger partial charge in [-0.3, -0.25) is 9.59 Å². The number of aryl methyl sites for hydroxylation is 2. The molecule has 1 heterocycles. The van der Waals surface area contributed by atoms with Crippen molar-refractivity contribution in [2.75, 3.05) is 16.4 Å². The van der Waals surface area contributed by atoms with E-state index in [1.807, 2.05) is 39.0 Å². The Morgan fingerprint density at radius 3 is 2.52 bits per heavy atom. The molecule has 0 radical (unpaired) electrons. The molecule has 29 heavy (non-hydrogen) atoms. The third kappa shape index (κ3) is 4.82. The number of carbonyl (C=O) groups is 2. The summed E-state index contributed by atoms with van der Waals surface area (Å²) in [7, 11) is -3.66. The van der Waals surface area contributed by atoms with Gasteiger partial charge >= 0.3 is 0 Å². The van der Waals surface area contributed by atoms with Gasteiger partial charge in [0.2, 0.25) is 11.8 Å². The summed E-state index contributed by atoms with van der Waals surface area (Å²) < 4.78 is 25.4. The lowest BCUT2D eigenvalue weighted by Gasteiger charge is -2.23. The van der Waals surface area contributed by atoms with E-state index < -0.39 is 9.84 Å². The van der Waals surface area contributed by atoms with Crippen molar-refractivity contribution in [3.63, 3.8) is 0 Å². The molecule has 0 saturated carbocycles. The number of carbonyl (C=O) groups excluding carboxylic acids is 2. The first-order valence-electron chi connectivity index (χ1n) is 9.41. The Bertz CT molecular complexity index is 1040. The minimum atomic E-state index is -3.66. The number of nitrogens with one attached hydrogen (secondary N) is 2. The second-order valence-corrected chi connectivity index (χ2v) is 10.4. The third-order valence-corrected chi connectivity index (χ3v) is 8.00. The minimum absolute atomic E-state index is 0.104. The van der Waals surface area contributed by atoms with Gasteiger partial charge in [-0.15, -0.1) is 11.8 Å². The highest BCUT2D eigenvalue weighted by Crippen LogP contribution is 2.38. The van der Waals surface area contributed by atoms with Crippen LogP contribution in [0.2, 0.25) is 0 Å². The molecule has 1 atom stereocenters. The molecule has 0 aliphatic carbocycles. The topological polar surface area (TPSA) is 92.3 Å². The number of hydrogen-bond acceptors (Lipinski definition) is 5. The number of hydrogen-bond donors (Lipinski definition) is 2. The molecular weight excluding hydrogens is 408 g/mol. The van der Waals surface area contributed by atoms with Crippen LogP contribution in [0.1, 0.15) is 30.9 Å². The van der Waals surface area contributed by atoms with Crippen LogP contribution < -0.4 is 10.6 Å². The van der Waals surface area contributed by atoms with Crippen molar-refractivity contribution < 1.29 is 18.0 Å². The lowest BCUT2D eigenvalue weighted by Crippen LogP contribution is -2.28. The molecule has 2 aromatic carbocycles. The molecule has 1 aliphatic rings. The van der Waals surface area contributed by atoms with Gasteiger partial charge in [-0.05, 0) is 49.6 Å². The standard InChI is InChI=1S/C21H24N2O4S2/c1-4-17-21(25)22-16-12-15(8-9-18(16)28-17)29(26,27)11-10-19(24)23-20-13(2)6-5-7-14(20)3/h5-9,12,17H,4,10-11H2,1-3H3,(H,22,25)(H,23,24)/t17-/m0/s1. The number of benzene rings is 2. The number of thioether (sulfide) groups is 1. The van der Waals surface area contributed by atoms with Crippen molar-refractivity contribution in [3.8, 4) is 0 Å². The summed E-state index contributed by atoms with van der Waals surface area (Å²) >= 11 is 1.44. The van der Waals surface area contributed by atoms with Crippen LogP contribution in [-0.2, 0) is 19.4 Å². The van der Waals surface area contributed by atoms with E-state index in [0.29, 0.717) is 17.8 Å². The highest BCUT2D eigenvalue weighted by atomic mass is 32.2. The highest BCUT2D eigenvalue weighted by molar-refractivity contribution is 8.01. The number of rotatable bonds is 6. The van der Waals surface area contributed by atoms with Crippen molar-refractivity contribution in [1.29, 1.82) is 0 Å². The molecule has 6 nitrogen and oxygen atoms in total. The molecule has 8 heteroatoms. The van der Waals surface area contributed by atoms with Crippen molar-refractivity contribution >= 4 is 44.8 Å². The molecule has 0 fully saturated rings. The first kappa shape index (κ1) is 21.4. The third-order valence-electron chi connectivity index (χ3n) is 4.84. The van der Waals surface area contributed by atoms with E-state index in [0.717, 1.165) is 16.0 Å². The normalized spacial score (nSPS) is 16.1. The molecule has 0 aromatic heterocycles. The van der Waals surface area contributed by atoms with Crippen molar-refractivity contribution in [2.45, 2.75) is 48.7 Å². The second kappa shape index (κ2) is 8.59. The fraction of sp³-hybridized carbons (Fsp3) is 0.333. The Kier molecular flexibility index (Phi) is 6.33. The molecule has 2 amide bonds. The molecule has 3 rings (SSSR count). The summed E-state index contributed by atoms with van der Waals surface area (Å²) in [5, 5.41) is 5.42. The molecule has 154 valence electrons. The summed E-state index contributed by atoms with van der Waals surface area (Å²) in [5.41, 5.74) is 3.07. The largest absolute Gasteiger partial charge is 0.326 e. The molecule has 2 aromatic rings. The Balaban J connectivity index is 1.69. The molecule has 0 spiro atoms. The van der Waals surface area contributed by atoms with Crippen LogP contribution in [0, 0.1) is 13.8 Å². The first-order chi connectivity index (χ1) is 13.7. The van der Waals surface area contributed by atoms with Crippen molar-refractivity contribution in [3.05, 3.63) is 47.5 Å². The Labute approximate surface area is 175 Å². The van der Waals surface area contributed by atoms with E-state index in [1.165, 1.54) is 23.9 Å². The maximum atomic E-state index is 12.7.